The summed E-state index contributed by atoms with van der Waals surface area (Å²) in [6.45, 7) is 15.1. The van der Waals surface area contributed by atoms with Gasteiger partial charge in [0.05, 0.1) is 72.9 Å². The average molecular weight is 1840 g/mol. The average Bonchev–Trinajstić information content (AvgIpc) is 0.839. The number of hydrogen-bond acceptors (Lipinski definition) is 22. The van der Waals surface area contributed by atoms with Crippen molar-refractivity contribution in [1.82, 2.24) is 0 Å². The van der Waals surface area contributed by atoms with Crippen LogP contribution in [-0.2, 0) is 53.0 Å². The van der Waals surface area contributed by atoms with Gasteiger partial charge in [-0.25, -0.2) is 24.0 Å². The molecule has 0 unspecified atom stereocenters. The molecule has 0 atom stereocenters. The summed E-state index contributed by atoms with van der Waals surface area (Å²) in [5, 5.41) is 38.8. The highest BCUT2D eigenvalue weighted by atomic mass is 79.9. The van der Waals surface area contributed by atoms with Crippen LogP contribution < -0.4 is 14.2 Å². The quantitative estimate of drug-likeness (QED) is 0.00582. The van der Waals surface area contributed by atoms with Crippen LogP contribution in [0, 0.1) is 10.8 Å². The zero-order valence-electron chi connectivity index (χ0n) is 61.6. The van der Waals surface area contributed by atoms with Crippen LogP contribution in [0.1, 0.15) is 86.4 Å². The van der Waals surface area contributed by atoms with Crippen LogP contribution >= 0.6 is 79.6 Å². The number of phenols is 2. The lowest BCUT2D eigenvalue weighted by atomic mass is 8.50. The number of alkyl halides is 5. The first kappa shape index (κ1) is 106. The Morgan fingerprint density at radius 3 is 0.890 bits per heavy atom. The van der Waals surface area contributed by atoms with Crippen LogP contribution in [0.15, 0.2) is 121 Å². The fraction of sp³-hybridized carbons (Fsp3) is 0.462. The normalized spacial score (nSPS) is 10.4. The number of halogens is 5. The third-order valence-electron chi connectivity index (χ3n) is 13.5. The highest BCUT2D eigenvalue weighted by Gasteiger charge is 2.35. The molecule has 5 aromatic carbocycles. The largest absolute Gasteiger partial charge is 0.508 e. The molecule has 5 rings (SSSR count). The van der Waals surface area contributed by atoms with Crippen molar-refractivity contribution in [2.24, 2.45) is 10.8 Å². The molecule has 0 aliphatic rings. The van der Waals surface area contributed by atoms with Crippen LogP contribution in [0.5, 0.6) is 28.7 Å². The summed E-state index contributed by atoms with van der Waals surface area (Å²) >= 11 is 17.5. The summed E-state index contributed by atoms with van der Waals surface area (Å²) in [6.07, 6.45) is -2.87. The molecule has 109 heavy (non-hydrogen) atoms. The lowest BCUT2D eigenvalue weighted by molar-refractivity contribution is 0.0328. The van der Waals surface area contributed by atoms with Crippen LogP contribution in [0.2, 0.25) is 0 Å². The summed E-state index contributed by atoms with van der Waals surface area (Å²) in [4.78, 5) is 59.4. The van der Waals surface area contributed by atoms with Crippen molar-refractivity contribution in [3.8, 4) is 28.7 Å². The van der Waals surface area contributed by atoms with Crippen LogP contribution in [-0.4, -0.2) is 307 Å². The Morgan fingerprint density at radius 2 is 0.688 bits per heavy atom. The standard InChI is InChI=1S/C38H47BrO12.C11H14O4.C7H6O3.C5H8Br4.C4H10O2.B13.H2O4S/c1-4-43-16-19-46-35(40)29-10-7-13-32(22-29)49-26-38(25-39,27-50-33-14-8-11-30(23-33)36(41)47-20-17-44-5-2)28-51-34-15-9-12-31(24-34)37(42)48-21-18-45-6-3;1-2-14-6-7-15-11(13)9-4-3-5-10(12)8-9;8-6-3-1-2-5(4-6)7(9)10;6-1-5(2-7,3-8)4-9;1-2-6-4-3-5;1-8-12(9(2)3)13(10(4)5)11(6)7;1-5(2,3)4/h7-15,22-24H,4-6,16-21,25-28H2,1-3H3;3-5,8,12H,2,6-7H2,1H3;1-4,8H,(H,9,10);1-4H2;5H,2-4H2,1H3;;(H2,1,2,3,4). The van der Waals surface area contributed by atoms with E-state index in [0.29, 0.717) is 116 Å². The van der Waals surface area contributed by atoms with E-state index in [1.165, 1.54) is 43.5 Å². The molecule has 0 fully saturated rings. The number of phenolic OH excluding ortho intramolecular Hbond substituents is 2. The zero-order valence-corrected chi connectivity index (χ0v) is 70.3. The van der Waals surface area contributed by atoms with Gasteiger partial charge >= 0.3 is 40.2 Å². The van der Waals surface area contributed by atoms with Crippen LogP contribution in [0.3, 0.4) is 0 Å². The van der Waals surface area contributed by atoms with E-state index in [9.17, 15) is 24.0 Å². The fourth-order valence-corrected chi connectivity index (χ4v) is 13.8. The van der Waals surface area contributed by atoms with Crippen molar-refractivity contribution >= 4 is 213 Å². The molecule has 0 saturated heterocycles. The number of esters is 4. The van der Waals surface area contributed by atoms with Gasteiger partial charge in [-0.3, -0.25) is 9.11 Å². The first-order chi connectivity index (χ1) is 51.8. The smallest absolute Gasteiger partial charge is 0.394 e. The number of rotatable bonds is 43. The summed E-state index contributed by atoms with van der Waals surface area (Å²) in [5.74, 6) is -1.63. The predicted octanol–water partition coefficient (Wildman–Crippen LogP) is 6.82. The van der Waals surface area contributed by atoms with E-state index in [4.69, 9.17) is 149 Å². The van der Waals surface area contributed by atoms with Crippen molar-refractivity contribution in [3.05, 3.63) is 149 Å². The molecule has 0 heterocycles. The number of aromatic carboxylic acids is 1. The number of ether oxygens (including phenoxy) is 12. The summed E-state index contributed by atoms with van der Waals surface area (Å²) in [7, 11) is 34.9. The van der Waals surface area contributed by atoms with Gasteiger partial charge in [0.1, 0.15) is 75.0 Å². The highest BCUT2D eigenvalue weighted by molar-refractivity contribution is 9.11. The molecule has 44 heteroatoms. The van der Waals surface area contributed by atoms with Gasteiger partial charge in [-0.15, -0.1) is 0 Å². The van der Waals surface area contributed by atoms with Crippen molar-refractivity contribution in [3.63, 3.8) is 0 Å². The van der Waals surface area contributed by atoms with Gasteiger partial charge in [-0.1, -0.05) is 110 Å². The van der Waals surface area contributed by atoms with Gasteiger partial charge in [-0.05, 0) is 126 Å². The fourth-order valence-electron chi connectivity index (χ4n) is 7.75. The van der Waals surface area contributed by atoms with E-state index >= 15 is 0 Å². The molecule has 15 radical (unpaired) electrons. The van der Waals surface area contributed by atoms with Crippen molar-refractivity contribution in [2.75, 3.05) is 146 Å². The molecule has 25 nitrogen and oxygen atoms in total. The van der Waals surface area contributed by atoms with Crippen LogP contribution in [0.25, 0.3) is 0 Å². The lowest BCUT2D eigenvalue weighted by Crippen LogP contribution is -2.69. The van der Waals surface area contributed by atoms with Gasteiger partial charge in [0.25, 0.3) is 0 Å². The Hall–Kier alpha value is -4.68. The molecule has 0 spiro atoms. The molecule has 0 aliphatic heterocycles. The van der Waals surface area contributed by atoms with E-state index in [2.05, 4.69) is 79.6 Å². The monoisotopic (exact) mass is 1840 g/mol. The van der Waals surface area contributed by atoms with Crippen molar-refractivity contribution < 1.29 is 119 Å². The summed E-state index contributed by atoms with van der Waals surface area (Å²) in [5.41, 5.74) is 0.949. The minimum Gasteiger partial charge on any atom is -0.508 e. The Kier molecular flexibility index (Phi) is 63.1. The number of benzene rings is 5. The number of carboxylic acids is 1. The zero-order chi connectivity index (χ0) is 82.6. The SMILES string of the molecule is BrCC(CBr)(CBr)CBr.CCOCCO.CCOCCOC(=O)c1cccc(O)c1.CCOCCOC(=O)c1cccc(OCC(CBr)(COc2cccc(C(=O)OCCOCC)c2)COc2cccc(C(=O)OCCOCC)c2)c1.O=C(O)c1cccc(O)c1.O=S(=O)(O)O.[B][B]B(B([B])[B])B(B([B])[B])B([B])[B]. The minimum absolute atomic E-state index is 0.0279. The van der Waals surface area contributed by atoms with E-state index in [1.807, 2.05) is 34.6 Å². The maximum atomic E-state index is 12.6. The molecule has 577 valence electrons. The van der Waals surface area contributed by atoms with E-state index in [-0.39, 0.29) is 76.3 Å². The molecule has 0 bridgehead atoms. The molecule has 5 aromatic rings. The molecule has 0 saturated carbocycles. The van der Waals surface area contributed by atoms with E-state index < -0.39 is 71.2 Å². The van der Waals surface area contributed by atoms with Gasteiger partial charge in [0.15, 0.2) is 0 Å². The third-order valence-corrected chi connectivity index (χ3v) is 19.5. The minimum atomic E-state index is -4.67. The third kappa shape index (κ3) is 51.6. The second kappa shape index (κ2) is 64.7. The number of carbonyl (C=O) groups excluding carboxylic acids is 4. The second-order valence-corrected chi connectivity index (χ2v) is 26.0. The van der Waals surface area contributed by atoms with Crippen LogP contribution in [0.4, 0.5) is 0 Å². The lowest BCUT2D eigenvalue weighted by Gasteiger charge is -2.31. The van der Waals surface area contributed by atoms with E-state index in [1.54, 1.807) is 84.9 Å². The number of aliphatic hydroxyl groups is 1. The molecule has 6 N–H and O–H groups in total. The molecular weight excluding hydrogens is 1750 g/mol. The van der Waals surface area contributed by atoms with Crippen molar-refractivity contribution in [1.29, 1.82) is 0 Å². The number of aliphatic hydroxyl groups excluding tert-OH is 1. The first-order valence-electron chi connectivity index (χ1n) is 33.6. The van der Waals surface area contributed by atoms with Gasteiger partial charge < -0.3 is 77.3 Å². The van der Waals surface area contributed by atoms with Gasteiger partial charge in [0.2, 0.25) is 0 Å². The van der Waals surface area contributed by atoms with E-state index in [0.717, 1.165) is 21.3 Å². The number of carboxylic acid groups (broad SMARTS) is 1. The summed E-state index contributed by atoms with van der Waals surface area (Å²) in [6, 6.07) is 31.6. The maximum absolute atomic E-state index is 12.6. The first-order valence-corrected chi connectivity index (χ1v) is 40.6. The molecule has 0 amide bonds. The van der Waals surface area contributed by atoms with Gasteiger partial charge in [0, 0.05) is 158 Å². The van der Waals surface area contributed by atoms with Crippen molar-refractivity contribution in [2.45, 2.75) is 34.6 Å². The second-order valence-electron chi connectivity index (χ2n) is 22.3. The molecular formula is C65H87B13Br5O25S. The topological polar surface area (TPSA) is 352 Å². The Labute approximate surface area is 695 Å². The molecule has 0 aliphatic carbocycles. The number of hydrogen-bond donors (Lipinski definition) is 6. The Morgan fingerprint density at radius 1 is 0.422 bits per heavy atom. The highest BCUT2D eigenvalue weighted by Crippen LogP contribution is 2.30. The number of aromatic hydroxyl groups is 2. The summed E-state index contributed by atoms with van der Waals surface area (Å²) < 4.78 is 96.6. The maximum Gasteiger partial charge on any atom is 0.394 e. The number of carbonyl (C=O) groups is 5. The Bertz CT molecular complexity index is 3180. The molecule has 0 aromatic heterocycles. The van der Waals surface area contributed by atoms with Gasteiger partial charge in [-0.2, -0.15) is 8.42 Å². The predicted molar refractivity (Wildman–Crippen MR) is 452 cm³/mol. The Balaban J connectivity index is 0.